The molecule has 1 aromatic carbocycles. The number of nitrogens with zero attached hydrogens (tertiary/aromatic N) is 5. The van der Waals surface area contributed by atoms with Crippen LogP contribution in [0.3, 0.4) is 0 Å². The molecule has 0 aliphatic heterocycles. The Morgan fingerprint density at radius 3 is 2.83 bits per heavy atom. The molecule has 0 unspecified atom stereocenters. The average molecular weight is 411 g/mol. The van der Waals surface area contributed by atoms with E-state index in [0.717, 1.165) is 22.6 Å². The predicted octanol–water partition coefficient (Wildman–Crippen LogP) is 3.75. The summed E-state index contributed by atoms with van der Waals surface area (Å²) in [5.74, 6) is 1.49. The van der Waals surface area contributed by atoms with Gasteiger partial charge in [0.25, 0.3) is 5.89 Å². The quantitative estimate of drug-likeness (QED) is 0.408. The lowest BCUT2D eigenvalue weighted by Crippen LogP contribution is -2.32. The van der Waals surface area contributed by atoms with Gasteiger partial charge in [-0.15, -0.1) is 10.2 Å². The fraction of sp³-hybridized carbons (Fsp3) is 0.300. The van der Waals surface area contributed by atoms with Crippen molar-refractivity contribution in [3.8, 4) is 11.7 Å². The highest BCUT2D eigenvalue weighted by atomic mass is 32.2. The Hall–Kier alpha value is -3.07. The zero-order chi connectivity index (χ0) is 20.2. The number of fused-ring (bicyclic) bond motifs is 1. The van der Waals surface area contributed by atoms with Gasteiger partial charge in [0, 0.05) is 13.6 Å². The molecule has 3 aromatic heterocycles. The number of carbonyl (C=O) groups excluding carboxylic acids is 1. The summed E-state index contributed by atoms with van der Waals surface area (Å²) in [7, 11) is 1.96. The Morgan fingerprint density at radius 1 is 1.21 bits per heavy atom. The number of amides is 1. The summed E-state index contributed by atoms with van der Waals surface area (Å²) in [6.45, 7) is 2.91. The maximum absolute atomic E-state index is 12.8. The molecule has 0 bridgehead atoms. The van der Waals surface area contributed by atoms with Crippen molar-refractivity contribution < 1.29 is 13.6 Å². The molecule has 0 aliphatic carbocycles. The lowest BCUT2D eigenvalue weighted by molar-refractivity contribution is -0.129. The maximum atomic E-state index is 12.8. The number of rotatable bonds is 8. The van der Waals surface area contributed by atoms with Crippen molar-refractivity contribution in [2.24, 2.45) is 7.05 Å². The Morgan fingerprint density at radius 2 is 2.07 bits per heavy atom. The SMILES string of the molecule is CCCN(Cc1nnc(-c2ccco2)o1)C(=O)CSc1nc2ccccc2n1C. The molecule has 4 aromatic rings. The number of benzene rings is 1. The predicted molar refractivity (Wildman–Crippen MR) is 109 cm³/mol. The number of thioether (sulfide) groups is 1. The monoisotopic (exact) mass is 411 g/mol. The second-order valence-corrected chi connectivity index (χ2v) is 7.47. The summed E-state index contributed by atoms with van der Waals surface area (Å²) in [4.78, 5) is 19.2. The summed E-state index contributed by atoms with van der Waals surface area (Å²) in [5, 5.41) is 8.85. The van der Waals surface area contributed by atoms with Crippen LogP contribution in [0.2, 0.25) is 0 Å². The third-order valence-corrected chi connectivity index (χ3v) is 5.46. The van der Waals surface area contributed by atoms with Crippen molar-refractivity contribution in [3.63, 3.8) is 0 Å². The normalized spacial score (nSPS) is 11.2. The molecule has 0 atom stereocenters. The number of carbonyl (C=O) groups is 1. The molecule has 3 heterocycles. The van der Waals surface area contributed by atoms with Crippen molar-refractivity contribution in [3.05, 3.63) is 48.6 Å². The second kappa shape index (κ2) is 8.52. The zero-order valence-corrected chi connectivity index (χ0v) is 17.1. The second-order valence-electron chi connectivity index (χ2n) is 6.52. The Balaban J connectivity index is 1.42. The van der Waals surface area contributed by atoms with Gasteiger partial charge in [-0.3, -0.25) is 4.79 Å². The van der Waals surface area contributed by atoms with E-state index >= 15 is 0 Å². The van der Waals surface area contributed by atoms with Gasteiger partial charge in [-0.2, -0.15) is 0 Å². The number of hydrogen-bond acceptors (Lipinski definition) is 7. The van der Waals surface area contributed by atoms with Crippen LogP contribution in [-0.4, -0.2) is 42.9 Å². The van der Waals surface area contributed by atoms with Gasteiger partial charge in [0.15, 0.2) is 10.9 Å². The number of para-hydroxylation sites is 2. The molecular weight excluding hydrogens is 390 g/mol. The van der Waals surface area contributed by atoms with Crippen molar-refractivity contribution >= 4 is 28.7 Å². The first-order valence-corrected chi connectivity index (χ1v) is 10.3. The molecule has 0 spiro atoms. The van der Waals surface area contributed by atoms with Gasteiger partial charge in [-0.1, -0.05) is 30.8 Å². The van der Waals surface area contributed by atoms with Gasteiger partial charge >= 0.3 is 0 Å². The van der Waals surface area contributed by atoms with E-state index in [4.69, 9.17) is 8.83 Å². The van der Waals surface area contributed by atoms with E-state index in [0.29, 0.717) is 24.1 Å². The summed E-state index contributed by atoms with van der Waals surface area (Å²) in [6.07, 6.45) is 2.38. The fourth-order valence-corrected chi connectivity index (χ4v) is 3.90. The minimum atomic E-state index is 0.00153. The lowest BCUT2D eigenvalue weighted by Gasteiger charge is -2.19. The van der Waals surface area contributed by atoms with Crippen molar-refractivity contribution in [1.29, 1.82) is 0 Å². The van der Waals surface area contributed by atoms with Crippen LogP contribution >= 0.6 is 11.8 Å². The van der Waals surface area contributed by atoms with Gasteiger partial charge in [0.05, 0.1) is 29.6 Å². The molecule has 150 valence electrons. The largest absolute Gasteiger partial charge is 0.459 e. The number of aromatic nitrogens is 4. The minimum Gasteiger partial charge on any atom is -0.459 e. The molecular formula is C20H21N5O3S. The van der Waals surface area contributed by atoms with E-state index in [1.165, 1.54) is 11.8 Å². The van der Waals surface area contributed by atoms with Crippen molar-refractivity contribution in [2.45, 2.75) is 25.0 Å². The van der Waals surface area contributed by atoms with Gasteiger partial charge in [-0.25, -0.2) is 4.98 Å². The van der Waals surface area contributed by atoms with E-state index < -0.39 is 0 Å². The molecule has 29 heavy (non-hydrogen) atoms. The van der Waals surface area contributed by atoms with E-state index in [1.54, 1.807) is 23.3 Å². The maximum Gasteiger partial charge on any atom is 0.283 e. The first-order valence-electron chi connectivity index (χ1n) is 9.34. The molecule has 0 N–H and O–H groups in total. The molecule has 0 saturated heterocycles. The molecule has 9 heteroatoms. The molecule has 0 radical (unpaired) electrons. The summed E-state index contributed by atoms with van der Waals surface area (Å²) in [6, 6.07) is 11.4. The summed E-state index contributed by atoms with van der Waals surface area (Å²) < 4.78 is 12.9. The highest BCUT2D eigenvalue weighted by Gasteiger charge is 2.19. The van der Waals surface area contributed by atoms with Gasteiger partial charge in [-0.05, 0) is 30.7 Å². The van der Waals surface area contributed by atoms with E-state index in [2.05, 4.69) is 15.2 Å². The van der Waals surface area contributed by atoms with Crippen LogP contribution < -0.4 is 0 Å². The molecule has 0 aliphatic rings. The van der Waals surface area contributed by atoms with E-state index in [1.807, 2.05) is 42.8 Å². The number of aryl methyl sites for hydroxylation is 1. The van der Waals surface area contributed by atoms with Crippen LogP contribution in [0.25, 0.3) is 22.7 Å². The first-order chi connectivity index (χ1) is 14.2. The van der Waals surface area contributed by atoms with Crippen LogP contribution in [0, 0.1) is 0 Å². The number of imidazole rings is 1. The highest BCUT2D eigenvalue weighted by Crippen LogP contribution is 2.23. The van der Waals surface area contributed by atoms with Crippen LogP contribution in [0.5, 0.6) is 0 Å². The molecule has 1 amide bonds. The van der Waals surface area contributed by atoms with Gasteiger partial charge < -0.3 is 18.3 Å². The molecule has 0 saturated carbocycles. The number of hydrogen-bond donors (Lipinski definition) is 0. The van der Waals surface area contributed by atoms with Crippen LogP contribution in [0.1, 0.15) is 19.2 Å². The van der Waals surface area contributed by atoms with Crippen LogP contribution in [0.15, 0.2) is 56.7 Å². The minimum absolute atomic E-state index is 0.00153. The summed E-state index contributed by atoms with van der Waals surface area (Å²) in [5.41, 5.74) is 1.97. The number of furan rings is 1. The van der Waals surface area contributed by atoms with Crippen LogP contribution in [-0.2, 0) is 18.4 Å². The summed E-state index contributed by atoms with van der Waals surface area (Å²) >= 11 is 1.43. The first kappa shape index (κ1) is 19.3. The smallest absolute Gasteiger partial charge is 0.283 e. The molecule has 4 rings (SSSR count). The standard InChI is InChI=1S/C20H21N5O3S/c1-3-10-25(12-17-22-23-19(28-17)16-9-6-11-27-16)18(26)13-29-20-21-14-7-4-5-8-15(14)24(20)2/h4-9,11H,3,10,12-13H2,1-2H3. The fourth-order valence-electron chi connectivity index (χ4n) is 3.01. The topological polar surface area (TPSA) is 90.2 Å². The zero-order valence-electron chi connectivity index (χ0n) is 16.2. The van der Waals surface area contributed by atoms with Gasteiger partial charge in [0.2, 0.25) is 11.8 Å². The van der Waals surface area contributed by atoms with E-state index in [-0.39, 0.29) is 18.2 Å². The Bertz CT molecular complexity index is 1100. The van der Waals surface area contributed by atoms with E-state index in [9.17, 15) is 4.79 Å². The van der Waals surface area contributed by atoms with Gasteiger partial charge in [0.1, 0.15) is 0 Å². The lowest BCUT2D eigenvalue weighted by atomic mass is 10.3. The molecule has 8 nitrogen and oxygen atoms in total. The molecule has 0 fully saturated rings. The Kier molecular flexibility index (Phi) is 5.66. The average Bonchev–Trinajstić information content (AvgIpc) is 3.47. The third-order valence-electron chi connectivity index (χ3n) is 4.44. The third kappa shape index (κ3) is 4.19. The highest BCUT2D eigenvalue weighted by molar-refractivity contribution is 7.99. The van der Waals surface area contributed by atoms with Crippen molar-refractivity contribution in [2.75, 3.05) is 12.3 Å². The Labute approximate surface area is 171 Å². The van der Waals surface area contributed by atoms with Crippen molar-refractivity contribution in [1.82, 2.24) is 24.6 Å². The van der Waals surface area contributed by atoms with Crippen LogP contribution in [0.4, 0.5) is 0 Å².